The number of hydrogen-bond donors (Lipinski definition) is 1. The standard InChI is InChI=1S/C21H20BrClFN6O4/c1-11(27-18(31)8-29(2)3)9-34-17-7-15-12(6-16(17)30(32)33)21(26-10-25-15)28-14-5-4-13(22)19(23)20(14)24/h4-7,10-11H,8-9H2,1-3H3,(H,25,26,28)/t11-/m0/s1. The smallest absolute Gasteiger partial charge is 0.311 e. The number of halogens is 3. The highest BCUT2D eigenvalue weighted by molar-refractivity contribution is 9.10. The van der Waals surface area contributed by atoms with Crippen molar-refractivity contribution in [1.82, 2.24) is 20.2 Å². The van der Waals surface area contributed by atoms with E-state index in [2.05, 4.69) is 36.5 Å². The second kappa shape index (κ2) is 10.9. The molecule has 0 fully saturated rings. The summed E-state index contributed by atoms with van der Waals surface area (Å²) in [5.41, 5.74) is 0.0236. The summed E-state index contributed by atoms with van der Waals surface area (Å²) in [4.78, 5) is 32.9. The summed E-state index contributed by atoms with van der Waals surface area (Å²) in [6, 6.07) is 5.12. The molecule has 34 heavy (non-hydrogen) atoms. The maximum absolute atomic E-state index is 14.5. The fraction of sp³-hybridized carbons (Fsp3) is 0.286. The van der Waals surface area contributed by atoms with Crippen LogP contribution in [0, 0.1) is 15.9 Å². The maximum Gasteiger partial charge on any atom is 0.311 e. The number of aromatic nitrogens is 2. The molecule has 0 aliphatic heterocycles. The molecule has 1 radical (unpaired) electrons. The van der Waals surface area contributed by atoms with Gasteiger partial charge >= 0.3 is 5.69 Å². The molecule has 0 aliphatic rings. The van der Waals surface area contributed by atoms with E-state index in [0.29, 0.717) is 9.99 Å². The summed E-state index contributed by atoms with van der Waals surface area (Å²) < 4.78 is 20.5. The minimum Gasteiger partial charge on any atom is -0.484 e. The summed E-state index contributed by atoms with van der Waals surface area (Å²) in [5, 5.41) is 18.7. The maximum atomic E-state index is 14.5. The molecule has 1 atom stereocenters. The molecule has 0 spiro atoms. The Morgan fingerprint density at radius 2 is 2.12 bits per heavy atom. The quantitative estimate of drug-likeness (QED) is 0.236. The Bertz CT molecular complexity index is 1250. The monoisotopic (exact) mass is 553 g/mol. The van der Waals surface area contributed by atoms with Gasteiger partial charge < -0.3 is 15.0 Å². The number of carbonyl (C=O) groups excluding carboxylic acids is 1. The molecule has 10 nitrogen and oxygen atoms in total. The van der Waals surface area contributed by atoms with Gasteiger partial charge in [-0.05, 0) is 49.1 Å². The third kappa shape index (κ3) is 6.07. The number of fused-ring (bicyclic) bond motifs is 1. The Kier molecular flexibility index (Phi) is 8.18. The molecule has 13 heteroatoms. The number of nitrogens with one attached hydrogen (secondary N) is 1. The molecule has 0 saturated heterocycles. The van der Waals surface area contributed by atoms with E-state index in [1.807, 2.05) is 0 Å². The van der Waals surface area contributed by atoms with Crippen LogP contribution in [0.15, 0.2) is 35.1 Å². The molecule has 1 N–H and O–H groups in total. The van der Waals surface area contributed by atoms with Gasteiger partial charge in [-0.1, -0.05) is 11.6 Å². The first kappa shape index (κ1) is 25.5. The normalized spacial score (nSPS) is 12.0. The van der Waals surface area contributed by atoms with Gasteiger partial charge in [0.15, 0.2) is 11.6 Å². The number of rotatable bonds is 9. The molecule has 0 saturated carbocycles. The molecule has 3 rings (SSSR count). The molecule has 0 bridgehead atoms. The molecular formula is C21H20BrClFN6O4. The van der Waals surface area contributed by atoms with Crippen LogP contribution in [0.1, 0.15) is 6.92 Å². The second-order valence-corrected chi connectivity index (χ2v) is 8.82. The SMILES string of the molecule is C[C@@H](COc1cc2ncnc(Nc3ccc(Br)c(Cl)c3F)c2cc1[N+](=O)[O-])[N]C(=O)CN(C)C. The lowest BCUT2D eigenvalue weighted by molar-refractivity contribution is -0.385. The van der Waals surface area contributed by atoms with Gasteiger partial charge in [-0.15, -0.1) is 0 Å². The molecule has 0 aliphatic carbocycles. The van der Waals surface area contributed by atoms with E-state index in [-0.39, 0.29) is 52.4 Å². The number of nitro benzene ring substituents is 1. The lowest BCUT2D eigenvalue weighted by Gasteiger charge is -2.15. The first-order valence-electron chi connectivity index (χ1n) is 9.91. The number of likely N-dealkylation sites (N-methyl/N-ethyl adjacent to an activating group) is 1. The van der Waals surface area contributed by atoms with Crippen molar-refractivity contribution in [2.45, 2.75) is 13.0 Å². The van der Waals surface area contributed by atoms with Crippen LogP contribution in [-0.2, 0) is 4.79 Å². The number of nitrogens with zero attached hydrogens (tertiary/aromatic N) is 5. The third-order valence-electron chi connectivity index (χ3n) is 4.50. The van der Waals surface area contributed by atoms with Gasteiger partial charge in [0.05, 0.1) is 39.1 Å². The van der Waals surface area contributed by atoms with Gasteiger partial charge in [0.1, 0.15) is 18.8 Å². The van der Waals surface area contributed by atoms with Crippen LogP contribution in [0.4, 0.5) is 21.6 Å². The highest BCUT2D eigenvalue weighted by atomic mass is 79.9. The molecule has 179 valence electrons. The zero-order valence-corrected chi connectivity index (χ0v) is 20.7. The van der Waals surface area contributed by atoms with Crippen LogP contribution in [0.3, 0.4) is 0 Å². The fourth-order valence-corrected chi connectivity index (χ4v) is 3.46. The number of nitro groups is 1. The van der Waals surface area contributed by atoms with Crippen LogP contribution in [0.2, 0.25) is 5.02 Å². The van der Waals surface area contributed by atoms with Crippen LogP contribution in [-0.4, -0.2) is 59.0 Å². The van der Waals surface area contributed by atoms with Crippen molar-refractivity contribution < 1.29 is 18.8 Å². The zero-order valence-electron chi connectivity index (χ0n) is 18.4. The molecule has 3 aromatic rings. The molecule has 0 unspecified atom stereocenters. The zero-order chi connectivity index (χ0) is 25.0. The first-order chi connectivity index (χ1) is 16.1. The second-order valence-electron chi connectivity index (χ2n) is 7.59. The van der Waals surface area contributed by atoms with Gasteiger partial charge in [0.2, 0.25) is 0 Å². The number of amides is 1. The average molecular weight is 555 g/mol. The van der Waals surface area contributed by atoms with E-state index < -0.39 is 16.8 Å². The van der Waals surface area contributed by atoms with Crippen molar-refractivity contribution in [2.24, 2.45) is 0 Å². The number of benzene rings is 2. The van der Waals surface area contributed by atoms with Crippen molar-refractivity contribution >= 4 is 61.5 Å². The van der Waals surface area contributed by atoms with Crippen molar-refractivity contribution in [1.29, 1.82) is 0 Å². The van der Waals surface area contributed by atoms with Gasteiger partial charge in [0.25, 0.3) is 5.91 Å². The van der Waals surface area contributed by atoms with E-state index in [1.165, 1.54) is 24.5 Å². The van der Waals surface area contributed by atoms with Crippen LogP contribution < -0.4 is 15.4 Å². The Hall–Kier alpha value is -3.09. The minimum absolute atomic E-state index is 0.0361. The van der Waals surface area contributed by atoms with Gasteiger partial charge in [-0.25, -0.2) is 19.7 Å². The van der Waals surface area contributed by atoms with Gasteiger partial charge in [-0.3, -0.25) is 14.9 Å². The van der Waals surface area contributed by atoms with E-state index in [1.54, 1.807) is 32.0 Å². The number of carbonyl (C=O) groups is 1. The Balaban J connectivity index is 1.88. The van der Waals surface area contributed by atoms with Crippen molar-refractivity contribution in [3.8, 4) is 5.75 Å². The Labute approximate surface area is 207 Å². The topological polar surface area (TPSA) is 125 Å². The summed E-state index contributed by atoms with van der Waals surface area (Å²) in [6.45, 7) is 1.77. The lowest BCUT2D eigenvalue weighted by atomic mass is 10.2. The highest BCUT2D eigenvalue weighted by Gasteiger charge is 2.21. The number of hydrogen-bond acceptors (Lipinski definition) is 8. The average Bonchev–Trinajstić information content (AvgIpc) is 2.76. The summed E-state index contributed by atoms with van der Waals surface area (Å²) >= 11 is 9.08. The highest BCUT2D eigenvalue weighted by Crippen LogP contribution is 2.36. The van der Waals surface area contributed by atoms with Gasteiger partial charge in [-0.2, -0.15) is 0 Å². The summed E-state index contributed by atoms with van der Waals surface area (Å²) in [5.74, 6) is -0.923. The largest absolute Gasteiger partial charge is 0.484 e. The third-order valence-corrected chi connectivity index (χ3v) is 5.76. The van der Waals surface area contributed by atoms with Gasteiger partial charge in [0, 0.05) is 16.6 Å². The fourth-order valence-electron chi connectivity index (χ4n) is 2.99. The van der Waals surface area contributed by atoms with E-state index in [0.717, 1.165) is 0 Å². The minimum atomic E-state index is -0.709. The van der Waals surface area contributed by atoms with Crippen LogP contribution in [0.5, 0.6) is 5.75 Å². The van der Waals surface area contributed by atoms with E-state index in [9.17, 15) is 19.3 Å². The Morgan fingerprint density at radius 3 is 2.79 bits per heavy atom. The predicted octanol–water partition coefficient (Wildman–Crippen LogP) is 4.30. The van der Waals surface area contributed by atoms with Crippen LogP contribution in [0.25, 0.3) is 10.9 Å². The van der Waals surface area contributed by atoms with E-state index >= 15 is 0 Å². The number of anilines is 2. The molecule has 2 aromatic carbocycles. The van der Waals surface area contributed by atoms with Crippen molar-refractivity contribution in [3.63, 3.8) is 0 Å². The number of ether oxygens (including phenoxy) is 1. The molecule has 1 aromatic heterocycles. The van der Waals surface area contributed by atoms with Crippen molar-refractivity contribution in [3.05, 3.63) is 56.0 Å². The van der Waals surface area contributed by atoms with E-state index in [4.69, 9.17) is 16.3 Å². The first-order valence-corrected chi connectivity index (χ1v) is 11.1. The lowest BCUT2D eigenvalue weighted by Crippen LogP contribution is -2.36. The summed E-state index contributed by atoms with van der Waals surface area (Å²) in [6.07, 6.45) is 1.23. The predicted molar refractivity (Wildman–Crippen MR) is 129 cm³/mol. The van der Waals surface area contributed by atoms with Crippen LogP contribution >= 0.6 is 27.5 Å². The molecular weight excluding hydrogens is 535 g/mol. The molecule has 1 amide bonds. The van der Waals surface area contributed by atoms with Crippen molar-refractivity contribution in [2.75, 3.05) is 32.6 Å². The summed E-state index contributed by atoms with van der Waals surface area (Å²) in [7, 11) is 3.50. The molecule has 1 heterocycles. The Morgan fingerprint density at radius 1 is 1.38 bits per heavy atom.